The number of aromatic nitrogens is 1. The van der Waals surface area contributed by atoms with Crippen LogP contribution in [-0.4, -0.2) is 38.5 Å². The van der Waals surface area contributed by atoms with E-state index < -0.39 is 9.84 Å². The van der Waals surface area contributed by atoms with E-state index >= 15 is 0 Å². The van der Waals surface area contributed by atoms with Crippen LogP contribution >= 0.6 is 11.3 Å². The van der Waals surface area contributed by atoms with Gasteiger partial charge in [-0.15, -0.1) is 11.3 Å². The predicted molar refractivity (Wildman–Crippen MR) is 70.4 cm³/mol. The Hall–Kier alpha value is -0.460. The highest BCUT2D eigenvalue weighted by molar-refractivity contribution is 7.91. The molecule has 6 heteroatoms. The highest BCUT2D eigenvalue weighted by Crippen LogP contribution is 2.31. The summed E-state index contributed by atoms with van der Waals surface area (Å²) in [5, 5.41) is 4.10. The first-order chi connectivity index (χ1) is 8.11. The third-order valence-electron chi connectivity index (χ3n) is 3.01. The molecule has 96 valence electrons. The van der Waals surface area contributed by atoms with Crippen molar-refractivity contribution in [3.8, 4) is 0 Å². The number of nitrogens with one attached hydrogen (secondary N) is 1. The molecule has 1 atom stereocenters. The van der Waals surface area contributed by atoms with Gasteiger partial charge in [-0.1, -0.05) is 0 Å². The van der Waals surface area contributed by atoms with Gasteiger partial charge < -0.3 is 5.32 Å². The molecule has 0 aliphatic carbocycles. The summed E-state index contributed by atoms with van der Waals surface area (Å²) in [6.07, 6.45) is 4.59. The van der Waals surface area contributed by atoms with Crippen LogP contribution in [0.15, 0.2) is 6.20 Å². The van der Waals surface area contributed by atoms with E-state index in [1.54, 1.807) is 11.3 Å². The maximum atomic E-state index is 11.6. The van der Waals surface area contributed by atoms with Gasteiger partial charge in [0.15, 0.2) is 9.84 Å². The van der Waals surface area contributed by atoms with Crippen molar-refractivity contribution in [2.75, 3.05) is 25.1 Å². The number of likely N-dealkylation sites (N-methyl/N-ethyl adjacent to an activating group) is 1. The molecule has 1 aliphatic rings. The second-order valence-electron chi connectivity index (χ2n) is 4.47. The minimum atomic E-state index is -2.83. The fourth-order valence-electron chi connectivity index (χ4n) is 2.09. The van der Waals surface area contributed by atoms with Gasteiger partial charge in [0.2, 0.25) is 0 Å². The molecular weight excluding hydrogens is 256 g/mol. The molecule has 17 heavy (non-hydrogen) atoms. The first kappa shape index (κ1) is 13.0. The van der Waals surface area contributed by atoms with E-state index in [0.29, 0.717) is 5.75 Å². The molecule has 1 fully saturated rings. The van der Waals surface area contributed by atoms with E-state index in [0.717, 1.165) is 30.8 Å². The SMILES string of the molecule is CNCCc1cnc(C2CCCS(=O)(=O)C2)s1. The summed E-state index contributed by atoms with van der Waals surface area (Å²) in [7, 11) is -0.907. The lowest BCUT2D eigenvalue weighted by molar-refractivity contribution is 0.553. The normalized spacial score (nSPS) is 23.7. The molecular formula is C11H18N2O2S2. The Balaban J connectivity index is 2.04. The van der Waals surface area contributed by atoms with Crippen molar-refractivity contribution in [1.29, 1.82) is 0 Å². The van der Waals surface area contributed by atoms with Crippen molar-refractivity contribution in [2.24, 2.45) is 0 Å². The monoisotopic (exact) mass is 274 g/mol. The molecule has 0 spiro atoms. The quantitative estimate of drug-likeness (QED) is 0.896. The van der Waals surface area contributed by atoms with E-state index in [-0.39, 0.29) is 11.7 Å². The van der Waals surface area contributed by atoms with E-state index in [4.69, 9.17) is 0 Å². The van der Waals surface area contributed by atoms with Crippen LogP contribution in [0.25, 0.3) is 0 Å². The van der Waals surface area contributed by atoms with Gasteiger partial charge in [-0.3, -0.25) is 0 Å². The van der Waals surface area contributed by atoms with Crippen LogP contribution in [0.1, 0.15) is 28.6 Å². The molecule has 1 unspecified atom stereocenters. The van der Waals surface area contributed by atoms with Crippen molar-refractivity contribution in [3.05, 3.63) is 16.1 Å². The van der Waals surface area contributed by atoms with Gasteiger partial charge in [-0.25, -0.2) is 13.4 Å². The number of hydrogen-bond acceptors (Lipinski definition) is 5. The third kappa shape index (κ3) is 3.50. The molecule has 0 bridgehead atoms. The van der Waals surface area contributed by atoms with Crippen LogP contribution in [0.4, 0.5) is 0 Å². The van der Waals surface area contributed by atoms with Gasteiger partial charge in [0.25, 0.3) is 0 Å². The number of nitrogens with zero attached hydrogens (tertiary/aromatic N) is 1. The maximum Gasteiger partial charge on any atom is 0.151 e. The van der Waals surface area contributed by atoms with Crippen molar-refractivity contribution in [1.82, 2.24) is 10.3 Å². The number of rotatable bonds is 4. The summed E-state index contributed by atoms with van der Waals surface area (Å²) < 4.78 is 23.2. The summed E-state index contributed by atoms with van der Waals surface area (Å²) in [6.45, 7) is 0.935. The van der Waals surface area contributed by atoms with Crippen LogP contribution in [0.3, 0.4) is 0 Å². The first-order valence-electron chi connectivity index (χ1n) is 5.90. The third-order valence-corrected chi connectivity index (χ3v) is 6.05. The molecule has 2 heterocycles. The highest BCUT2D eigenvalue weighted by Gasteiger charge is 2.27. The average molecular weight is 274 g/mol. The number of hydrogen-bond donors (Lipinski definition) is 1. The van der Waals surface area contributed by atoms with Crippen molar-refractivity contribution >= 4 is 21.2 Å². The molecule has 1 aromatic rings. The van der Waals surface area contributed by atoms with E-state index in [9.17, 15) is 8.42 Å². The molecule has 4 nitrogen and oxygen atoms in total. The van der Waals surface area contributed by atoms with Gasteiger partial charge >= 0.3 is 0 Å². The average Bonchev–Trinajstić information content (AvgIpc) is 2.73. The first-order valence-corrected chi connectivity index (χ1v) is 8.54. The molecule has 0 amide bonds. The largest absolute Gasteiger partial charge is 0.319 e. The van der Waals surface area contributed by atoms with Gasteiger partial charge in [-0.2, -0.15) is 0 Å². The van der Waals surface area contributed by atoms with Gasteiger partial charge in [0.1, 0.15) is 0 Å². The van der Waals surface area contributed by atoms with Crippen molar-refractivity contribution < 1.29 is 8.42 Å². The predicted octanol–water partition coefficient (Wildman–Crippen LogP) is 1.20. The Morgan fingerprint density at radius 1 is 1.59 bits per heavy atom. The molecule has 1 N–H and O–H groups in total. The molecule has 1 saturated heterocycles. The minimum absolute atomic E-state index is 0.127. The Morgan fingerprint density at radius 2 is 2.41 bits per heavy atom. The standard InChI is InChI=1S/C11H18N2O2S2/c1-12-5-4-10-7-13-11(16-10)9-3-2-6-17(14,15)8-9/h7,9,12H,2-6,8H2,1H3. The van der Waals surface area contributed by atoms with Crippen LogP contribution in [-0.2, 0) is 16.3 Å². The fraction of sp³-hybridized carbons (Fsp3) is 0.727. The summed E-state index contributed by atoms with van der Waals surface area (Å²) in [5.41, 5.74) is 0. The zero-order chi connectivity index (χ0) is 12.3. The summed E-state index contributed by atoms with van der Waals surface area (Å²) in [5.74, 6) is 0.759. The maximum absolute atomic E-state index is 11.6. The minimum Gasteiger partial charge on any atom is -0.319 e. The van der Waals surface area contributed by atoms with Gasteiger partial charge in [0, 0.05) is 17.0 Å². The Kier molecular flexibility index (Phi) is 4.17. The van der Waals surface area contributed by atoms with Gasteiger partial charge in [-0.05, 0) is 32.9 Å². The smallest absolute Gasteiger partial charge is 0.151 e. The van der Waals surface area contributed by atoms with Crippen LogP contribution < -0.4 is 5.32 Å². The van der Waals surface area contributed by atoms with E-state index in [1.807, 2.05) is 13.2 Å². The van der Waals surface area contributed by atoms with Gasteiger partial charge in [0.05, 0.1) is 16.5 Å². The Labute approximate surface area is 106 Å². The lowest BCUT2D eigenvalue weighted by Crippen LogP contribution is -2.23. The molecule has 1 aromatic heterocycles. The highest BCUT2D eigenvalue weighted by atomic mass is 32.2. The Bertz CT molecular complexity index is 468. The van der Waals surface area contributed by atoms with Crippen LogP contribution in [0.5, 0.6) is 0 Å². The summed E-state index contributed by atoms with van der Waals surface area (Å²) in [6, 6.07) is 0. The lowest BCUT2D eigenvalue weighted by atomic mass is 10.1. The molecule has 0 aromatic carbocycles. The van der Waals surface area contributed by atoms with Crippen LogP contribution in [0.2, 0.25) is 0 Å². The van der Waals surface area contributed by atoms with Crippen LogP contribution in [0, 0.1) is 0 Å². The van der Waals surface area contributed by atoms with E-state index in [2.05, 4.69) is 10.3 Å². The summed E-state index contributed by atoms with van der Waals surface area (Å²) >= 11 is 1.66. The van der Waals surface area contributed by atoms with Crippen molar-refractivity contribution in [2.45, 2.75) is 25.2 Å². The topological polar surface area (TPSA) is 59.1 Å². The van der Waals surface area contributed by atoms with Crippen molar-refractivity contribution in [3.63, 3.8) is 0 Å². The lowest BCUT2D eigenvalue weighted by Gasteiger charge is -2.19. The summed E-state index contributed by atoms with van der Waals surface area (Å²) in [4.78, 5) is 5.62. The zero-order valence-corrected chi connectivity index (χ0v) is 11.6. The fourth-order valence-corrected chi connectivity index (χ4v) is 4.96. The number of thiazole rings is 1. The second kappa shape index (κ2) is 5.46. The number of sulfone groups is 1. The molecule has 0 radical (unpaired) electrons. The van der Waals surface area contributed by atoms with E-state index in [1.165, 1.54) is 4.88 Å². The zero-order valence-electron chi connectivity index (χ0n) is 9.98. The second-order valence-corrected chi connectivity index (χ2v) is 7.85. The molecule has 1 aliphatic heterocycles. The molecule has 2 rings (SSSR count). The Morgan fingerprint density at radius 3 is 3.12 bits per heavy atom. The molecule has 0 saturated carbocycles.